The summed E-state index contributed by atoms with van der Waals surface area (Å²) in [5.41, 5.74) is 1.25. The Morgan fingerprint density at radius 2 is 2.18 bits per heavy atom. The SMILES string of the molecule is O=c1[nH]c(CCCl)nc2sc3c(c12)CCCC3. The Kier molecular flexibility index (Phi) is 2.92. The molecule has 1 aliphatic carbocycles. The molecule has 2 heterocycles. The monoisotopic (exact) mass is 268 g/mol. The molecule has 90 valence electrons. The van der Waals surface area contributed by atoms with Crippen molar-refractivity contribution < 1.29 is 0 Å². The number of halogens is 1. The van der Waals surface area contributed by atoms with Crippen molar-refractivity contribution in [2.24, 2.45) is 0 Å². The van der Waals surface area contributed by atoms with Crippen LogP contribution in [0.15, 0.2) is 4.79 Å². The molecule has 0 aromatic carbocycles. The van der Waals surface area contributed by atoms with Gasteiger partial charge in [0.1, 0.15) is 10.7 Å². The Balaban J connectivity index is 2.23. The minimum atomic E-state index is 0.00881. The van der Waals surface area contributed by atoms with E-state index < -0.39 is 0 Å². The van der Waals surface area contributed by atoms with Crippen molar-refractivity contribution in [3.05, 3.63) is 26.6 Å². The number of thiophene rings is 1. The second-order valence-electron chi connectivity index (χ2n) is 4.34. The molecule has 3 rings (SSSR count). The summed E-state index contributed by atoms with van der Waals surface area (Å²) in [5.74, 6) is 1.19. The minimum Gasteiger partial charge on any atom is -0.310 e. The van der Waals surface area contributed by atoms with Crippen LogP contribution in [0.3, 0.4) is 0 Å². The van der Waals surface area contributed by atoms with Gasteiger partial charge in [-0.05, 0) is 31.2 Å². The van der Waals surface area contributed by atoms with Crippen molar-refractivity contribution in [2.75, 3.05) is 5.88 Å². The lowest BCUT2D eigenvalue weighted by molar-refractivity contribution is 0.700. The highest BCUT2D eigenvalue weighted by molar-refractivity contribution is 7.18. The van der Waals surface area contributed by atoms with E-state index in [4.69, 9.17) is 11.6 Å². The van der Waals surface area contributed by atoms with E-state index in [-0.39, 0.29) is 5.56 Å². The van der Waals surface area contributed by atoms with Gasteiger partial charge in [0.05, 0.1) is 5.39 Å². The van der Waals surface area contributed by atoms with Gasteiger partial charge in [-0.15, -0.1) is 22.9 Å². The van der Waals surface area contributed by atoms with Gasteiger partial charge in [-0.3, -0.25) is 4.79 Å². The fourth-order valence-electron chi connectivity index (χ4n) is 2.42. The van der Waals surface area contributed by atoms with Crippen molar-refractivity contribution >= 4 is 33.2 Å². The highest BCUT2D eigenvalue weighted by atomic mass is 35.5. The highest BCUT2D eigenvalue weighted by Crippen LogP contribution is 2.33. The van der Waals surface area contributed by atoms with Gasteiger partial charge in [-0.2, -0.15) is 0 Å². The van der Waals surface area contributed by atoms with E-state index in [1.165, 1.54) is 23.3 Å². The van der Waals surface area contributed by atoms with Gasteiger partial charge in [0, 0.05) is 17.2 Å². The standard InChI is InChI=1S/C12H13ClN2OS/c13-6-5-9-14-11(16)10-7-3-1-2-4-8(7)17-12(10)15-9/h1-6H2,(H,14,15,16). The molecule has 0 saturated heterocycles. The number of alkyl halides is 1. The van der Waals surface area contributed by atoms with Crippen LogP contribution in [0.4, 0.5) is 0 Å². The first kappa shape index (κ1) is 11.2. The van der Waals surface area contributed by atoms with E-state index in [9.17, 15) is 4.79 Å². The molecular weight excluding hydrogens is 256 g/mol. The lowest BCUT2D eigenvalue weighted by atomic mass is 9.97. The van der Waals surface area contributed by atoms with Crippen LogP contribution in [-0.2, 0) is 19.3 Å². The molecule has 2 aromatic heterocycles. The normalized spacial score (nSPS) is 15.1. The molecule has 0 spiro atoms. The first-order valence-corrected chi connectivity index (χ1v) is 7.24. The summed E-state index contributed by atoms with van der Waals surface area (Å²) in [6, 6.07) is 0. The zero-order valence-electron chi connectivity index (χ0n) is 9.38. The van der Waals surface area contributed by atoms with Crippen molar-refractivity contribution in [3.63, 3.8) is 0 Å². The average Bonchev–Trinajstić information content (AvgIpc) is 2.67. The van der Waals surface area contributed by atoms with Gasteiger partial charge >= 0.3 is 0 Å². The van der Waals surface area contributed by atoms with Gasteiger partial charge < -0.3 is 4.98 Å². The fraction of sp³-hybridized carbons (Fsp3) is 0.500. The predicted molar refractivity (Wildman–Crippen MR) is 71.3 cm³/mol. The molecule has 3 nitrogen and oxygen atoms in total. The zero-order valence-corrected chi connectivity index (χ0v) is 11.0. The van der Waals surface area contributed by atoms with E-state index >= 15 is 0 Å². The quantitative estimate of drug-likeness (QED) is 0.851. The van der Waals surface area contributed by atoms with E-state index in [2.05, 4.69) is 9.97 Å². The van der Waals surface area contributed by atoms with Gasteiger partial charge in [0.2, 0.25) is 0 Å². The summed E-state index contributed by atoms with van der Waals surface area (Å²) in [4.78, 5) is 21.7. The van der Waals surface area contributed by atoms with Crippen LogP contribution < -0.4 is 5.56 Å². The topological polar surface area (TPSA) is 45.8 Å². The number of hydrogen-bond donors (Lipinski definition) is 1. The maximum absolute atomic E-state index is 12.1. The summed E-state index contributed by atoms with van der Waals surface area (Å²) in [6.07, 6.45) is 5.15. The van der Waals surface area contributed by atoms with Crippen LogP contribution in [0.1, 0.15) is 29.1 Å². The molecule has 5 heteroatoms. The lowest BCUT2D eigenvalue weighted by Gasteiger charge is -2.09. The second kappa shape index (κ2) is 4.42. The number of rotatable bonds is 2. The number of nitrogens with one attached hydrogen (secondary N) is 1. The lowest BCUT2D eigenvalue weighted by Crippen LogP contribution is -2.13. The number of fused-ring (bicyclic) bond motifs is 3. The van der Waals surface area contributed by atoms with E-state index in [1.807, 2.05) is 0 Å². The first-order valence-electron chi connectivity index (χ1n) is 5.89. The molecule has 0 fully saturated rings. The summed E-state index contributed by atoms with van der Waals surface area (Å²) < 4.78 is 0. The summed E-state index contributed by atoms with van der Waals surface area (Å²) in [5, 5.41) is 0.822. The summed E-state index contributed by atoms with van der Waals surface area (Å²) in [7, 11) is 0. The van der Waals surface area contributed by atoms with Crippen LogP contribution in [0, 0.1) is 0 Å². The molecular formula is C12H13ClN2OS. The summed E-state index contributed by atoms with van der Waals surface area (Å²) >= 11 is 7.36. The molecule has 0 atom stereocenters. The van der Waals surface area contributed by atoms with E-state index in [0.29, 0.717) is 18.1 Å². The number of aromatic nitrogens is 2. The zero-order chi connectivity index (χ0) is 11.8. The smallest absolute Gasteiger partial charge is 0.259 e. The van der Waals surface area contributed by atoms with E-state index in [1.54, 1.807) is 11.3 Å². The van der Waals surface area contributed by atoms with Gasteiger partial charge in [0.15, 0.2) is 0 Å². The maximum Gasteiger partial charge on any atom is 0.259 e. The van der Waals surface area contributed by atoms with Crippen LogP contribution in [-0.4, -0.2) is 15.8 Å². The molecule has 0 radical (unpaired) electrons. The Hall–Kier alpha value is -0.870. The number of nitrogens with zero attached hydrogens (tertiary/aromatic N) is 1. The Morgan fingerprint density at radius 1 is 1.35 bits per heavy atom. The highest BCUT2D eigenvalue weighted by Gasteiger charge is 2.19. The van der Waals surface area contributed by atoms with Crippen molar-refractivity contribution in [1.29, 1.82) is 0 Å². The van der Waals surface area contributed by atoms with Gasteiger partial charge in [0.25, 0.3) is 5.56 Å². The van der Waals surface area contributed by atoms with Crippen LogP contribution in [0.5, 0.6) is 0 Å². The third-order valence-electron chi connectivity index (χ3n) is 3.21. The average molecular weight is 269 g/mol. The Morgan fingerprint density at radius 3 is 3.00 bits per heavy atom. The van der Waals surface area contributed by atoms with Crippen LogP contribution >= 0.6 is 22.9 Å². The van der Waals surface area contributed by atoms with Crippen molar-refractivity contribution in [1.82, 2.24) is 9.97 Å². The Bertz CT molecular complexity index is 617. The van der Waals surface area contributed by atoms with Crippen LogP contribution in [0.25, 0.3) is 10.2 Å². The van der Waals surface area contributed by atoms with Crippen molar-refractivity contribution in [2.45, 2.75) is 32.1 Å². The molecule has 17 heavy (non-hydrogen) atoms. The number of H-pyrrole nitrogens is 1. The number of aryl methyl sites for hydroxylation is 3. The number of aromatic amines is 1. The fourth-order valence-corrected chi connectivity index (χ4v) is 3.88. The van der Waals surface area contributed by atoms with Gasteiger partial charge in [-0.25, -0.2) is 4.98 Å². The molecule has 0 unspecified atom stereocenters. The third kappa shape index (κ3) is 1.89. The number of hydrogen-bond acceptors (Lipinski definition) is 3. The molecule has 1 aliphatic rings. The molecule has 0 aliphatic heterocycles. The second-order valence-corrected chi connectivity index (χ2v) is 5.80. The molecule has 0 amide bonds. The molecule has 1 N–H and O–H groups in total. The maximum atomic E-state index is 12.1. The van der Waals surface area contributed by atoms with Gasteiger partial charge in [-0.1, -0.05) is 0 Å². The largest absolute Gasteiger partial charge is 0.310 e. The Labute approximate surface area is 108 Å². The van der Waals surface area contributed by atoms with Crippen LogP contribution in [0.2, 0.25) is 0 Å². The summed E-state index contributed by atoms with van der Waals surface area (Å²) in [6.45, 7) is 0. The third-order valence-corrected chi connectivity index (χ3v) is 4.58. The predicted octanol–water partition coefficient (Wildman–Crippen LogP) is 2.64. The van der Waals surface area contributed by atoms with E-state index in [0.717, 1.165) is 23.1 Å². The molecule has 0 saturated carbocycles. The first-order chi connectivity index (χ1) is 8.29. The molecule has 2 aromatic rings. The van der Waals surface area contributed by atoms with Crippen molar-refractivity contribution in [3.8, 4) is 0 Å². The molecule has 0 bridgehead atoms. The minimum absolute atomic E-state index is 0.00881.